The molecule has 2 aromatic rings. The molecule has 3 heteroatoms. The van der Waals surface area contributed by atoms with Gasteiger partial charge in [0.1, 0.15) is 16.8 Å². The number of aryl methyl sites for hydroxylation is 3. The van der Waals surface area contributed by atoms with Crippen LogP contribution in [0.1, 0.15) is 22.3 Å². The van der Waals surface area contributed by atoms with Gasteiger partial charge < -0.3 is 4.42 Å². The lowest BCUT2D eigenvalue weighted by Crippen LogP contribution is -1.91. The molecule has 1 heterocycles. The van der Waals surface area contributed by atoms with Crippen molar-refractivity contribution in [3.8, 4) is 0 Å². The molecule has 0 aliphatic heterocycles. The zero-order valence-electron chi connectivity index (χ0n) is 9.88. The molecule has 1 aromatic carbocycles. The first-order valence-electron chi connectivity index (χ1n) is 5.18. The summed E-state index contributed by atoms with van der Waals surface area (Å²) in [5.74, 6) is 0. The lowest BCUT2D eigenvalue weighted by atomic mass is 9.99. The fourth-order valence-electron chi connectivity index (χ4n) is 1.91. The fourth-order valence-corrected chi connectivity index (χ4v) is 2.25. The van der Waals surface area contributed by atoms with Crippen molar-refractivity contribution >= 4 is 22.2 Å². The van der Waals surface area contributed by atoms with E-state index in [0.717, 1.165) is 22.1 Å². The standard InChI is InChI=1S/C13H14O2S/c1-7-5-11-8(2)6-12(16-14)15-13(11)10(4)9(7)3/h5-6H,1-4H3. The smallest absolute Gasteiger partial charge is 0.219 e. The molecule has 0 aliphatic carbocycles. The lowest BCUT2D eigenvalue weighted by molar-refractivity contribution is 0.577. The third kappa shape index (κ3) is 1.61. The summed E-state index contributed by atoms with van der Waals surface area (Å²) >= 11 is 0.400. The molecule has 0 fully saturated rings. The van der Waals surface area contributed by atoms with Gasteiger partial charge in [0.2, 0.25) is 4.71 Å². The zero-order valence-corrected chi connectivity index (χ0v) is 10.7. The van der Waals surface area contributed by atoms with Gasteiger partial charge in [-0.05, 0) is 62.1 Å². The molecule has 0 unspecified atom stereocenters. The quantitative estimate of drug-likeness (QED) is 0.654. The second-order valence-electron chi connectivity index (χ2n) is 4.15. The number of hydrogen-bond acceptors (Lipinski definition) is 2. The van der Waals surface area contributed by atoms with Crippen LogP contribution in [0.25, 0.3) is 11.0 Å². The van der Waals surface area contributed by atoms with E-state index < -0.39 is 0 Å². The van der Waals surface area contributed by atoms with Gasteiger partial charge in [-0.3, -0.25) is 0 Å². The molecule has 84 valence electrons. The van der Waals surface area contributed by atoms with Gasteiger partial charge >= 0.3 is 0 Å². The predicted octanol–water partition coefficient (Wildman–Crippen LogP) is 3.41. The Morgan fingerprint density at radius 2 is 1.69 bits per heavy atom. The second kappa shape index (κ2) is 3.91. The van der Waals surface area contributed by atoms with Crippen LogP contribution in [0.15, 0.2) is 16.5 Å². The Morgan fingerprint density at radius 3 is 2.31 bits per heavy atom. The van der Waals surface area contributed by atoms with Crippen LogP contribution in [0.2, 0.25) is 0 Å². The Kier molecular flexibility index (Phi) is 2.72. The minimum absolute atomic E-state index is 0.400. The number of benzene rings is 1. The Balaban J connectivity index is 3.08. The van der Waals surface area contributed by atoms with Crippen LogP contribution in [0.3, 0.4) is 0 Å². The topological polar surface area (TPSA) is 30.2 Å². The maximum absolute atomic E-state index is 10.8. The van der Waals surface area contributed by atoms with E-state index in [9.17, 15) is 4.21 Å². The Labute approximate surface area is 98.0 Å². The predicted molar refractivity (Wildman–Crippen MR) is 66.5 cm³/mol. The van der Waals surface area contributed by atoms with Crippen LogP contribution in [0.4, 0.5) is 0 Å². The first kappa shape index (κ1) is 11.1. The van der Waals surface area contributed by atoms with Gasteiger partial charge in [-0.1, -0.05) is 0 Å². The number of rotatable bonds is 0. The average Bonchev–Trinajstić information content (AvgIpc) is 2.27. The fraction of sp³-hybridized carbons (Fsp3) is 0.308. The van der Waals surface area contributed by atoms with Crippen molar-refractivity contribution in [3.63, 3.8) is 0 Å². The molecule has 0 bridgehead atoms. The maximum atomic E-state index is 10.8. The van der Waals surface area contributed by atoms with Gasteiger partial charge in [0.15, 0.2) is 0 Å². The van der Waals surface area contributed by atoms with Crippen molar-refractivity contribution in [2.45, 2.75) is 27.7 Å². The highest BCUT2D eigenvalue weighted by molar-refractivity contribution is 7.56. The van der Waals surface area contributed by atoms with E-state index in [1.54, 1.807) is 6.07 Å². The van der Waals surface area contributed by atoms with E-state index in [-0.39, 0.29) is 0 Å². The molecule has 2 rings (SSSR count). The normalized spacial score (nSPS) is 10.8. The number of fused-ring (bicyclic) bond motifs is 1. The van der Waals surface area contributed by atoms with Crippen molar-refractivity contribution in [2.75, 3.05) is 0 Å². The molecular formula is C13H14O2S. The van der Waals surface area contributed by atoms with E-state index in [1.807, 2.05) is 13.8 Å². The third-order valence-electron chi connectivity index (χ3n) is 3.14. The summed E-state index contributed by atoms with van der Waals surface area (Å²) in [7, 11) is 0. The van der Waals surface area contributed by atoms with Crippen LogP contribution >= 0.6 is 0 Å². The highest BCUT2D eigenvalue weighted by Crippen LogP contribution is 2.27. The number of hydrogen-bond donors (Lipinski definition) is 0. The minimum atomic E-state index is 0.400. The molecule has 0 radical (unpaired) electrons. The van der Waals surface area contributed by atoms with Gasteiger partial charge in [0.05, 0.1) is 0 Å². The average molecular weight is 234 g/mol. The highest BCUT2D eigenvalue weighted by Gasteiger charge is 2.08. The van der Waals surface area contributed by atoms with Crippen molar-refractivity contribution in [1.29, 1.82) is 0 Å². The van der Waals surface area contributed by atoms with Crippen LogP contribution < -0.4 is 0 Å². The summed E-state index contributed by atoms with van der Waals surface area (Å²) in [6.07, 6.45) is 0. The maximum Gasteiger partial charge on any atom is 0.219 e. The van der Waals surface area contributed by atoms with E-state index in [1.165, 1.54) is 11.1 Å². The van der Waals surface area contributed by atoms with Gasteiger partial charge in [0, 0.05) is 5.39 Å². The molecule has 16 heavy (non-hydrogen) atoms. The Hall–Kier alpha value is -1.35. The van der Waals surface area contributed by atoms with Crippen molar-refractivity contribution < 1.29 is 8.63 Å². The van der Waals surface area contributed by atoms with Crippen LogP contribution in [0, 0.1) is 32.4 Å². The molecule has 0 saturated carbocycles. The Bertz CT molecular complexity index is 662. The monoisotopic (exact) mass is 234 g/mol. The van der Waals surface area contributed by atoms with E-state index >= 15 is 0 Å². The molecule has 0 N–H and O–H groups in total. The highest BCUT2D eigenvalue weighted by atomic mass is 32.1. The van der Waals surface area contributed by atoms with Gasteiger partial charge in [-0.15, -0.1) is 0 Å². The Morgan fingerprint density at radius 1 is 1.00 bits per heavy atom. The van der Waals surface area contributed by atoms with Crippen molar-refractivity contribution in [2.24, 2.45) is 0 Å². The summed E-state index contributed by atoms with van der Waals surface area (Å²) in [5.41, 5.74) is 5.52. The van der Waals surface area contributed by atoms with E-state index in [0.29, 0.717) is 16.0 Å². The zero-order chi connectivity index (χ0) is 11.9. The van der Waals surface area contributed by atoms with Crippen molar-refractivity contribution in [1.82, 2.24) is 0 Å². The van der Waals surface area contributed by atoms with Crippen LogP contribution in [-0.2, 0) is 11.3 Å². The summed E-state index contributed by atoms with van der Waals surface area (Å²) in [5, 5.41) is 1.10. The molecule has 0 spiro atoms. The van der Waals surface area contributed by atoms with Crippen LogP contribution in [-0.4, -0.2) is 4.21 Å². The second-order valence-corrected chi connectivity index (χ2v) is 4.72. The first-order chi connectivity index (χ1) is 7.54. The summed E-state index contributed by atoms with van der Waals surface area (Å²) in [6, 6.07) is 3.92. The van der Waals surface area contributed by atoms with E-state index in [4.69, 9.17) is 4.42 Å². The van der Waals surface area contributed by atoms with Crippen molar-refractivity contribution in [3.05, 3.63) is 39.1 Å². The third-order valence-corrected chi connectivity index (χ3v) is 3.51. The lowest BCUT2D eigenvalue weighted by Gasteiger charge is -2.09. The SMILES string of the molecule is Cc1cc2c(C)cc(=S=O)oc2c(C)c1C. The molecule has 0 amide bonds. The first-order valence-corrected chi connectivity index (χ1v) is 5.93. The van der Waals surface area contributed by atoms with Gasteiger partial charge in [-0.2, -0.15) is 0 Å². The van der Waals surface area contributed by atoms with E-state index in [2.05, 4.69) is 19.9 Å². The molecule has 0 aliphatic rings. The van der Waals surface area contributed by atoms with Gasteiger partial charge in [-0.25, -0.2) is 4.21 Å². The summed E-state index contributed by atoms with van der Waals surface area (Å²) in [6.45, 7) is 8.21. The van der Waals surface area contributed by atoms with Gasteiger partial charge in [0.25, 0.3) is 0 Å². The molecule has 1 aromatic heterocycles. The molecule has 0 atom stereocenters. The molecule has 0 saturated heterocycles. The minimum Gasteiger partial charge on any atom is -0.443 e. The molecular weight excluding hydrogens is 220 g/mol. The summed E-state index contributed by atoms with van der Waals surface area (Å²) < 4.78 is 16.8. The van der Waals surface area contributed by atoms with Crippen LogP contribution in [0.5, 0.6) is 0 Å². The molecule has 2 nitrogen and oxygen atoms in total. The summed E-state index contributed by atoms with van der Waals surface area (Å²) in [4.78, 5) is 0. The largest absolute Gasteiger partial charge is 0.443 e.